The first-order chi connectivity index (χ1) is 7.65. The molecular formula is C9H15N3O4. The van der Waals surface area contributed by atoms with Gasteiger partial charge >= 0.3 is 0 Å². The zero-order valence-corrected chi connectivity index (χ0v) is 9.01. The maximum absolute atomic E-state index is 11.3. The summed E-state index contributed by atoms with van der Waals surface area (Å²) in [4.78, 5) is 15.3. The van der Waals surface area contributed by atoms with Gasteiger partial charge in [-0.05, 0) is 6.92 Å². The lowest BCUT2D eigenvalue weighted by Crippen LogP contribution is -2.40. The van der Waals surface area contributed by atoms with Crippen LogP contribution in [0, 0.1) is 6.92 Å². The highest BCUT2D eigenvalue weighted by Gasteiger charge is 2.11. The van der Waals surface area contributed by atoms with E-state index in [9.17, 15) is 4.79 Å². The highest BCUT2D eigenvalue weighted by Crippen LogP contribution is 2.00. The second-order valence-corrected chi connectivity index (χ2v) is 3.36. The number of hydrogen-bond acceptors (Lipinski definition) is 6. The maximum atomic E-state index is 11.3. The molecule has 0 aliphatic carbocycles. The number of rotatable bonds is 6. The van der Waals surface area contributed by atoms with Gasteiger partial charge in [0.1, 0.15) is 0 Å². The molecule has 1 amide bonds. The summed E-state index contributed by atoms with van der Waals surface area (Å²) in [7, 11) is 0. The summed E-state index contributed by atoms with van der Waals surface area (Å²) in [6.07, 6.45) is 0.522. The van der Waals surface area contributed by atoms with E-state index in [4.69, 9.17) is 14.7 Å². The van der Waals surface area contributed by atoms with Crippen molar-refractivity contribution < 1.29 is 19.5 Å². The minimum Gasteiger partial charge on any atom is -0.394 e. The molecule has 0 aliphatic heterocycles. The van der Waals surface area contributed by atoms with Crippen molar-refractivity contribution in [1.29, 1.82) is 0 Å². The van der Waals surface area contributed by atoms with Gasteiger partial charge in [0.05, 0.1) is 19.3 Å². The van der Waals surface area contributed by atoms with Crippen molar-refractivity contribution in [3.63, 3.8) is 0 Å². The molecule has 7 nitrogen and oxygen atoms in total. The van der Waals surface area contributed by atoms with Crippen LogP contribution in [-0.2, 0) is 11.2 Å². The Morgan fingerprint density at radius 3 is 2.69 bits per heavy atom. The van der Waals surface area contributed by atoms with E-state index < -0.39 is 6.04 Å². The van der Waals surface area contributed by atoms with Gasteiger partial charge in [-0.1, -0.05) is 5.16 Å². The minimum atomic E-state index is -0.614. The molecule has 0 aromatic carbocycles. The molecule has 0 radical (unpaired) electrons. The first-order valence-electron chi connectivity index (χ1n) is 4.96. The Bertz CT molecular complexity index is 335. The van der Waals surface area contributed by atoms with Crippen LogP contribution in [0.1, 0.15) is 18.1 Å². The van der Waals surface area contributed by atoms with Crippen molar-refractivity contribution in [3.8, 4) is 0 Å². The van der Waals surface area contributed by atoms with Crippen molar-refractivity contribution in [3.05, 3.63) is 11.7 Å². The smallest absolute Gasteiger partial charge is 0.227 e. The molecule has 1 aromatic rings. The maximum Gasteiger partial charge on any atom is 0.227 e. The molecule has 0 saturated heterocycles. The van der Waals surface area contributed by atoms with Crippen LogP contribution in [0.4, 0.5) is 0 Å². The zero-order chi connectivity index (χ0) is 12.0. The van der Waals surface area contributed by atoms with Crippen LogP contribution in [0.5, 0.6) is 0 Å². The highest BCUT2D eigenvalue weighted by atomic mass is 16.5. The van der Waals surface area contributed by atoms with Crippen molar-refractivity contribution in [2.45, 2.75) is 25.8 Å². The van der Waals surface area contributed by atoms with E-state index in [-0.39, 0.29) is 25.5 Å². The summed E-state index contributed by atoms with van der Waals surface area (Å²) in [5, 5.41) is 23.6. The fourth-order valence-corrected chi connectivity index (χ4v) is 1.11. The fraction of sp³-hybridized carbons (Fsp3) is 0.667. The Morgan fingerprint density at radius 1 is 1.50 bits per heavy atom. The SMILES string of the molecule is Cc1noc(CCC(=O)NC(CO)CO)n1. The van der Waals surface area contributed by atoms with Gasteiger partial charge < -0.3 is 20.1 Å². The summed E-state index contributed by atoms with van der Waals surface area (Å²) in [5.74, 6) is 0.653. The predicted molar refractivity (Wildman–Crippen MR) is 53.5 cm³/mol. The Balaban J connectivity index is 2.30. The molecule has 7 heteroatoms. The van der Waals surface area contributed by atoms with Crippen LogP contribution in [0.15, 0.2) is 4.52 Å². The molecule has 0 unspecified atom stereocenters. The minimum absolute atomic E-state index is 0.179. The van der Waals surface area contributed by atoms with Crippen LogP contribution in [-0.4, -0.2) is 45.5 Å². The van der Waals surface area contributed by atoms with E-state index in [0.29, 0.717) is 18.1 Å². The van der Waals surface area contributed by atoms with Crippen molar-refractivity contribution in [2.24, 2.45) is 0 Å². The number of nitrogens with zero attached hydrogens (tertiary/aromatic N) is 2. The standard InChI is InChI=1S/C9H15N3O4/c1-6-10-9(16-12-6)3-2-8(15)11-7(4-13)5-14/h7,13-14H,2-5H2,1H3,(H,11,15). The lowest BCUT2D eigenvalue weighted by Gasteiger charge is -2.12. The third kappa shape index (κ3) is 3.95. The average Bonchev–Trinajstić information content (AvgIpc) is 2.69. The molecule has 1 rings (SSSR count). The van der Waals surface area contributed by atoms with Crippen LogP contribution < -0.4 is 5.32 Å². The summed E-state index contributed by atoms with van der Waals surface area (Å²) in [6, 6.07) is -0.614. The van der Waals surface area contributed by atoms with E-state index in [2.05, 4.69) is 15.5 Å². The third-order valence-electron chi connectivity index (χ3n) is 1.94. The van der Waals surface area contributed by atoms with Crippen molar-refractivity contribution in [1.82, 2.24) is 15.5 Å². The lowest BCUT2D eigenvalue weighted by molar-refractivity contribution is -0.122. The predicted octanol–water partition coefficient (Wildman–Crippen LogP) is -1.22. The number of amides is 1. The quantitative estimate of drug-likeness (QED) is 0.564. The molecular weight excluding hydrogens is 214 g/mol. The topological polar surface area (TPSA) is 108 Å². The number of carbonyl (C=O) groups is 1. The van der Waals surface area contributed by atoms with Crippen LogP contribution in [0.2, 0.25) is 0 Å². The molecule has 0 bridgehead atoms. The van der Waals surface area contributed by atoms with E-state index in [1.54, 1.807) is 6.92 Å². The third-order valence-corrected chi connectivity index (χ3v) is 1.94. The molecule has 3 N–H and O–H groups in total. The van der Waals surface area contributed by atoms with Crippen molar-refractivity contribution >= 4 is 5.91 Å². The first-order valence-corrected chi connectivity index (χ1v) is 4.96. The number of aliphatic hydroxyl groups excluding tert-OH is 2. The van der Waals surface area contributed by atoms with Gasteiger partial charge in [-0.15, -0.1) is 0 Å². The zero-order valence-electron chi connectivity index (χ0n) is 9.01. The summed E-state index contributed by atoms with van der Waals surface area (Å²) < 4.78 is 4.83. The Labute approximate surface area is 92.5 Å². The Morgan fingerprint density at radius 2 is 2.19 bits per heavy atom. The molecule has 90 valence electrons. The normalized spacial score (nSPS) is 10.8. The van der Waals surface area contributed by atoms with Gasteiger partial charge in [-0.2, -0.15) is 4.98 Å². The summed E-state index contributed by atoms with van der Waals surface area (Å²) in [5.41, 5.74) is 0. The first kappa shape index (κ1) is 12.6. The lowest BCUT2D eigenvalue weighted by atomic mass is 10.2. The highest BCUT2D eigenvalue weighted by molar-refractivity contribution is 5.76. The molecule has 1 heterocycles. The Hall–Kier alpha value is -1.47. The van der Waals surface area contributed by atoms with Gasteiger partial charge in [-0.3, -0.25) is 4.79 Å². The molecule has 0 atom stereocenters. The number of aryl methyl sites for hydroxylation is 2. The van der Waals surface area contributed by atoms with Gasteiger partial charge in [0.2, 0.25) is 11.8 Å². The number of aliphatic hydroxyl groups is 2. The second kappa shape index (κ2) is 6.19. The fourth-order valence-electron chi connectivity index (χ4n) is 1.11. The molecule has 16 heavy (non-hydrogen) atoms. The van der Waals surface area contributed by atoms with Gasteiger partial charge in [0.15, 0.2) is 5.82 Å². The molecule has 0 aliphatic rings. The molecule has 0 fully saturated rings. The number of aromatic nitrogens is 2. The second-order valence-electron chi connectivity index (χ2n) is 3.36. The van der Waals surface area contributed by atoms with Crippen LogP contribution in [0.3, 0.4) is 0 Å². The molecule has 0 spiro atoms. The largest absolute Gasteiger partial charge is 0.394 e. The summed E-state index contributed by atoms with van der Waals surface area (Å²) in [6.45, 7) is 1.12. The van der Waals surface area contributed by atoms with Crippen molar-refractivity contribution in [2.75, 3.05) is 13.2 Å². The monoisotopic (exact) mass is 229 g/mol. The Kier molecular flexibility index (Phi) is 4.87. The number of hydrogen-bond donors (Lipinski definition) is 3. The summed E-state index contributed by atoms with van der Waals surface area (Å²) >= 11 is 0. The van der Waals surface area contributed by atoms with Gasteiger partial charge in [-0.25, -0.2) is 0 Å². The van der Waals surface area contributed by atoms with Gasteiger partial charge in [0.25, 0.3) is 0 Å². The van der Waals surface area contributed by atoms with E-state index in [1.165, 1.54) is 0 Å². The van der Waals surface area contributed by atoms with Crippen LogP contribution in [0.25, 0.3) is 0 Å². The number of carbonyl (C=O) groups excluding carboxylic acids is 1. The molecule has 1 aromatic heterocycles. The average molecular weight is 229 g/mol. The molecule has 0 saturated carbocycles. The van der Waals surface area contributed by atoms with E-state index in [1.807, 2.05) is 0 Å². The van der Waals surface area contributed by atoms with E-state index in [0.717, 1.165) is 0 Å². The van der Waals surface area contributed by atoms with Crippen LogP contribution >= 0.6 is 0 Å². The number of nitrogens with one attached hydrogen (secondary N) is 1. The van der Waals surface area contributed by atoms with E-state index >= 15 is 0 Å². The van der Waals surface area contributed by atoms with Gasteiger partial charge in [0, 0.05) is 12.8 Å².